The summed E-state index contributed by atoms with van der Waals surface area (Å²) in [7, 11) is 2.12. The average molecular weight is 318 g/mol. The van der Waals surface area contributed by atoms with Crippen LogP contribution in [-0.2, 0) is 0 Å². The third-order valence-electron chi connectivity index (χ3n) is 2.97. The number of nitrogens with zero attached hydrogens (tertiary/aromatic N) is 1. The molecule has 0 atom stereocenters. The van der Waals surface area contributed by atoms with Gasteiger partial charge in [0.25, 0.3) is 0 Å². The first kappa shape index (κ1) is 23.3. The largest absolute Gasteiger partial charge is 0.384 e. The van der Waals surface area contributed by atoms with Crippen molar-refractivity contribution in [3.63, 3.8) is 0 Å². The molecule has 1 aromatic rings. The SMILES string of the molecule is CC.CC.CN(CCNC1=CCC=CC=C1)c1ccccc1.N. The van der Waals surface area contributed by atoms with Crippen LogP contribution in [0.15, 0.2) is 66.4 Å². The lowest BCUT2D eigenvalue weighted by Crippen LogP contribution is -2.28. The summed E-state index contributed by atoms with van der Waals surface area (Å²) in [5.74, 6) is 0. The van der Waals surface area contributed by atoms with Crippen LogP contribution in [0.5, 0.6) is 0 Å². The molecule has 0 aliphatic heterocycles. The highest BCUT2D eigenvalue weighted by Gasteiger charge is 1.99. The van der Waals surface area contributed by atoms with E-state index in [4.69, 9.17) is 0 Å². The van der Waals surface area contributed by atoms with Gasteiger partial charge >= 0.3 is 0 Å². The van der Waals surface area contributed by atoms with Gasteiger partial charge in [0, 0.05) is 31.5 Å². The second-order valence-corrected chi connectivity index (χ2v) is 4.37. The molecule has 3 nitrogen and oxygen atoms in total. The first-order valence-electron chi connectivity index (χ1n) is 8.40. The minimum Gasteiger partial charge on any atom is -0.384 e. The normalized spacial score (nSPS) is 11.4. The molecule has 0 unspecified atom stereocenters. The van der Waals surface area contributed by atoms with E-state index >= 15 is 0 Å². The van der Waals surface area contributed by atoms with Crippen LogP contribution in [0.1, 0.15) is 34.1 Å². The fourth-order valence-electron chi connectivity index (χ4n) is 1.89. The van der Waals surface area contributed by atoms with Crippen LogP contribution in [0.25, 0.3) is 0 Å². The number of hydrogen-bond acceptors (Lipinski definition) is 3. The van der Waals surface area contributed by atoms with Crippen LogP contribution < -0.4 is 16.4 Å². The zero-order valence-corrected chi connectivity index (χ0v) is 15.5. The Labute approximate surface area is 143 Å². The summed E-state index contributed by atoms with van der Waals surface area (Å²) in [6, 6.07) is 10.5. The number of anilines is 1. The lowest BCUT2D eigenvalue weighted by molar-refractivity contribution is 0.776. The minimum atomic E-state index is 0. The van der Waals surface area contributed by atoms with E-state index < -0.39 is 0 Å². The molecule has 130 valence electrons. The van der Waals surface area contributed by atoms with Gasteiger partial charge in [-0.2, -0.15) is 0 Å². The number of para-hydroxylation sites is 1. The molecule has 0 bridgehead atoms. The fourth-order valence-corrected chi connectivity index (χ4v) is 1.89. The number of allylic oxidation sites excluding steroid dienone is 5. The summed E-state index contributed by atoms with van der Waals surface area (Å²) < 4.78 is 0. The maximum atomic E-state index is 3.45. The lowest BCUT2D eigenvalue weighted by Gasteiger charge is -2.19. The molecular weight excluding hydrogens is 282 g/mol. The van der Waals surface area contributed by atoms with Crippen LogP contribution in [0, 0.1) is 0 Å². The highest BCUT2D eigenvalue weighted by Crippen LogP contribution is 2.10. The van der Waals surface area contributed by atoms with Gasteiger partial charge in [0.2, 0.25) is 0 Å². The van der Waals surface area contributed by atoms with Crippen LogP contribution in [0.4, 0.5) is 5.69 Å². The summed E-state index contributed by atoms with van der Waals surface area (Å²) in [5, 5.41) is 3.45. The Kier molecular flexibility index (Phi) is 16.6. The molecule has 0 heterocycles. The Morgan fingerprint density at radius 1 is 1.00 bits per heavy atom. The van der Waals surface area contributed by atoms with Gasteiger partial charge < -0.3 is 16.4 Å². The van der Waals surface area contributed by atoms with Crippen molar-refractivity contribution in [3.05, 3.63) is 66.4 Å². The summed E-state index contributed by atoms with van der Waals surface area (Å²) in [5.41, 5.74) is 2.47. The summed E-state index contributed by atoms with van der Waals surface area (Å²) in [4.78, 5) is 2.26. The van der Waals surface area contributed by atoms with Crippen molar-refractivity contribution in [2.45, 2.75) is 34.1 Å². The predicted molar refractivity (Wildman–Crippen MR) is 106 cm³/mol. The van der Waals surface area contributed by atoms with Crippen molar-refractivity contribution in [2.24, 2.45) is 0 Å². The first-order chi connectivity index (χ1) is 10.9. The molecule has 2 rings (SSSR count). The molecule has 0 aromatic heterocycles. The smallest absolute Gasteiger partial charge is 0.0364 e. The topological polar surface area (TPSA) is 50.3 Å². The Balaban J connectivity index is 0. The molecule has 1 aliphatic rings. The van der Waals surface area contributed by atoms with E-state index in [2.05, 4.69) is 71.9 Å². The third-order valence-corrected chi connectivity index (χ3v) is 2.97. The molecule has 0 spiro atoms. The van der Waals surface area contributed by atoms with Crippen LogP contribution in [0.2, 0.25) is 0 Å². The first-order valence-corrected chi connectivity index (χ1v) is 8.40. The van der Waals surface area contributed by atoms with Gasteiger partial charge in [-0.25, -0.2) is 0 Å². The van der Waals surface area contributed by atoms with Crippen LogP contribution in [0.3, 0.4) is 0 Å². The van der Waals surface area contributed by atoms with E-state index in [0.717, 1.165) is 19.5 Å². The molecule has 0 amide bonds. The molecule has 0 fully saturated rings. The van der Waals surface area contributed by atoms with E-state index in [1.54, 1.807) is 0 Å². The summed E-state index contributed by atoms with van der Waals surface area (Å²) >= 11 is 0. The van der Waals surface area contributed by atoms with Gasteiger partial charge in [0.15, 0.2) is 0 Å². The van der Waals surface area contributed by atoms with Crippen molar-refractivity contribution < 1.29 is 0 Å². The zero-order valence-electron chi connectivity index (χ0n) is 15.5. The minimum absolute atomic E-state index is 0. The fraction of sp³-hybridized carbons (Fsp3) is 0.400. The van der Waals surface area contributed by atoms with Crippen molar-refractivity contribution in [1.82, 2.24) is 11.5 Å². The number of rotatable bonds is 5. The summed E-state index contributed by atoms with van der Waals surface area (Å²) in [6.07, 6.45) is 11.6. The van der Waals surface area contributed by atoms with Gasteiger partial charge in [0.1, 0.15) is 0 Å². The second kappa shape index (κ2) is 16.4. The second-order valence-electron chi connectivity index (χ2n) is 4.37. The number of nitrogens with one attached hydrogen (secondary N) is 1. The van der Waals surface area contributed by atoms with Gasteiger partial charge in [-0.15, -0.1) is 0 Å². The third kappa shape index (κ3) is 10.4. The van der Waals surface area contributed by atoms with Gasteiger partial charge in [-0.05, 0) is 24.6 Å². The highest BCUT2D eigenvalue weighted by atomic mass is 15.1. The van der Waals surface area contributed by atoms with Crippen molar-refractivity contribution >= 4 is 5.69 Å². The van der Waals surface area contributed by atoms with Gasteiger partial charge in [0.05, 0.1) is 0 Å². The van der Waals surface area contributed by atoms with E-state index in [9.17, 15) is 0 Å². The molecular formula is C20H35N3. The average Bonchev–Trinajstić information content (AvgIpc) is 2.88. The quantitative estimate of drug-likeness (QED) is 0.772. The number of benzene rings is 1. The maximum Gasteiger partial charge on any atom is 0.0364 e. The van der Waals surface area contributed by atoms with Crippen LogP contribution >= 0.6 is 0 Å². The highest BCUT2D eigenvalue weighted by molar-refractivity contribution is 5.44. The molecule has 1 aromatic carbocycles. The monoisotopic (exact) mass is 317 g/mol. The Morgan fingerprint density at radius 2 is 1.65 bits per heavy atom. The van der Waals surface area contributed by atoms with Crippen molar-refractivity contribution in [1.29, 1.82) is 0 Å². The van der Waals surface area contributed by atoms with Crippen molar-refractivity contribution in [2.75, 3.05) is 25.0 Å². The molecule has 4 N–H and O–H groups in total. The van der Waals surface area contributed by atoms with Gasteiger partial charge in [-0.1, -0.05) is 70.2 Å². The standard InChI is InChI=1S/C16H20N2.2C2H6.H3N/c1-18(16-11-7-4-8-12-16)14-13-17-15-9-5-2-3-6-10-15;2*1-2;/h2-5,7-12,17H,6,13-14H2,1H3;2*1-2H3;1H3. The van der Waals surface area contributed by atoms with Gasteiger partial charge in [-0.3, -0.25) is 0 Å². The molecule has 0 saturated heterocycles. The number of likely N-dealkylation sites (N-methyl/N-ethyl adjacent to an activating group) is 1. The summed E-state index contributed by atoms with van der Waals surface area (Å²) in [6.45, 7) is 9.93. The zero-order chi connectivity index (χ0) is 16.6. The Morgan fingerprint density at radius 3 is 2.30 bits per heavy atom. The molecule has 0 radical (unpaired) electrons. The van der Waals surface area contributed by atoms with E-state index in [1.165, 1.54) is 11.4 Å². The maximum absolute atomic E-state index is 3.45. The Bertz CT molecular complexity index is 447. The predicted octanol–water partition coefficient (Wildman–Crippen LogP) is 5.33. The van der Waals surface area contributed by atoms with E-state index in [-0.39, 0.29) is 6.15 Å². The molecule has 23 heavy (non-hydrogen) atoms. The molecule has 0 saturated carbocycles. The van der Waals surface area contributed by atoms with Crippen molar-refractivity contribution in [3.8, 4) is 0 Å². The number of hydrogen-bond donors (Lipinski definition) is 2. The van der Waals surface area contributed by atoms with E-state index in [0.29, 0.717) is 0 Å². The molecule has 1 aliphatic carbocycles. The molecule has 3 heteroatoms. The van der Waals surface area contributed by atoms with E-state index in [1.807, 2.05) is 33.8 Å². The Hall–Kier alpha value is -2.00. The van der Waals surface area contributed by atoms with Crippen LogP contribution in [-0.4, -0.2) is 20.1 Å². The lowest BCUT2D eigenvalue weighted by atomic mass is 10.3.